The Labute approximate surface area is 173 Å². The second-order valence-electron chi connectivity index (χ2n) is 8.85. The Morgan fingerprint density at radius 2 is 1.31 bits per heavy atom. The Morgan fingerprint density at radius 1 is 0.862 bits per heavy atom. The van der Waals surface area contributed by atoms with Crippen molar-refractivity contribution in [2.75, 3.05) is 13.1 Å². The van der Waals surface area contributed by atoms with Crippen LogP contribution < -0.4 is 0 Å². The predicted molar refractivity (Wildman–Crippen MR) is 109 cm³/mol. The van der Waals surface area contributed by atoms with Crippen molar-refractivity contribution in [2.24, 2.45) is 0 Å². The standard InChI is InChI=1S/C22H33NO6/c1-16(20(26)27-15-17-11-9-8-10-12-17)23(13-18(24)28-21(2,3)4)14-19(25)29-22(5,6)7/h8-12,16H,13-15H2,1-7H3/t16-/m0/s1. The van der Waals surface area contributed by atoms with Crippen LogP contribution in [-0.4, -0.2) is 53.1 Å². The highest BCUT2D eigenvalue weighted by Crippen LogP contribution is 2.12. The van der Waals surface area contributed by atoms with Crippen LogP contribution in [0.3, 0.4) is 0 Å². The average Bonchev–Trinajstić information content (AvgIpc) is 2.56. The molecular formula is C22H33NO6. The molecule has 0 N–H and O–H groups in total. The van der Waals surface area contributed by atoms with Gasteiger partial charge in [0.25, 0.3) is 0 Å². The molecule has 7 nitrogen and oxygen atoms in total. The molecule has 162 valence electrons. The van der Waals surface area contributed by atoms with Crippen LogP contribution in [0.2, 0.25) is 0 Å². The second-order valence-corrected chi connectivity index (χ2v) is 8.85. The first-order valence-corrected chi connectivity index (χ1v) is 9.65. The lowest BCUT2D eigenvalue weighted by Gasteiger charge is -2.29. The van der Waals surface area contributed by atoms with Gasteiger partial charge in [0.1, 0.15) is 23.9 Å². The zero-order chi connectivity index (χ0) is 22.2. The Kier molecular flexibility index (Phi) is 8.82. The van der Waals surface area contributed by atoms with Crippen LogP contribution in [-0.2, 0) is 35.2 Å². The summed E-state index contributed by atoms with van der Waals surface area (Å²) in [6, 6.07) is 8.43. The molecule has 0 heterocycles. The van der Waals surface area contributed by atoms with Crippen LogP contribution in [0.1, 0.15) is 54.0 Å². The fourth-order valence-corrected chi connectivity index (χ4v) is 2.41. The molecule has 1 rings (SSSR count). The molecular weight excluding hydrogens is 374 g/mol. The van der Waals surface area contributed by atoms with Crippen LogP contribution >= 0.6 is 0 Å². The summed E-state index contributed by atoms with van der Waals surface area (Å²) in [7, 11) is 0. The summed E-state index contributed by atoms with van der Waals surface area (Å²) in [5, 5.41) is 0. The molecule has 0 saturated heterocycles. The summed E-state index contributed by atoms with van der Waals surface area (Å²) in [4.78, 5) is 38.5. The maximum absolute atomic E-state index is 12.5. The summed E-state index contributed by atoms with van der Waals surface area (Å²) in [5.41, 5.74) is -0.504. The number of esters is 3. The zero-order valence-corrected chi connectivity index (χ0v) is 18.5. The van der Waals surface area contributed by atoms with E-state index in [1.165, 1.54) is 4.90 Å². The highest BCUT2D eigenvalue weighted by molar-refractivity contribution is 5.80. The molecule has 0 unspecified atom stereocenters. The maximum Gasteiger partial charge on any atom is 0.323 e. The Balaban J connectivity index is 2.82. The van der Waals surface area contributed by atoms with Gasteiger partial charge in [0.2, 0.25) is 0 Å². The molecule has 0 aliphatic heterocycles. The van der Waals surface area contributed by atoms with Crippen LogP contribution in [0.15, 0.2) is 30.3 Å². The normalized spacial score (nSPS) is 13.0. The van der Waals surface area contributed by atoms with Gasteiger partial charge in [-0.3, -0.25) is 19.3 Å². The van der Waals surface area contributed by atoms with Gasteiger partial charge in [-0.05, 0) is 54.0 Å². The first-order chi connectivity index (χ1) is 13.3. The Hall–Kier alpha value is -2.41. The molecule has 0 aliphatic rings. The third-order valence-corrected chi connectivity index (χ3v) is 3.62. The van der Waals surface area contributed by atoms with Crippen LogP contribution in [0.4, 0.5) is 0 Å². The van der Waals surface area contributed by atoms with Gasteiger partial charge in [-0.1, -0.05) is 30.3 Å². The molecule has 0 aromatic heterocycles. The maximum atomic E-state index is 12.5. The van der Waals surface area contributed by atoms with Crippen molar-refractivity contribution >= 4 is 17.9 Å². The number of rotatable bonds is 8. The Bertz CT molecular complexity index is 657. The van der Waals surface area contributed by atoms with Crippen molar-refractivity contribution in [3.05, 3.63) is 35.9 Å². The van der Waals surface area contributed by atoms with E-state index < -0.39 is 35.2 Å². The molecule has 1 atom stereocenters. The summed E-state index contributed by atoms with van der Waals surface area (Å²) in [6.07, 6.45) is 0. The molecule has 1 aromatic rings. The lowest BCUT2D eigenvalue weighted by atomic mass is 10.2. The van der Waals surface area contributed by atoms with Gasteiger partial charge in [-0.15, -0.1) is 0 Å². The molecule has 0 spiro atoms. The van der Waals surface area contributed by atoms with Crippen molar-refractivity contribution in [1.82, 2.24) is 4.90 Å². The van der Waals surface area contributed by atoms with Crippen LogP contribution in [0.5, 0.6) is 0 Å². The van der Waals surface area contributed by atoms with Crippen molar-refractivity contribution < 1.29 is 28.6 Å². The van der Waals surface area contributed by atoms with Gasteiger partial charge in [0.15, 0.2) is 0 Å². The topological polar surface area (TPSA) is 82.1 Å². The number of carbonyl (C=O) groups excluding carboxylic acids is 3. The molecule has 0 bridgehead atoms. The van der Waals surface area contributed by atoms with Crippen LogP contribution in [0, 0.1) is 0 Å². The first-order valence-electron chi connectivity index (χ1n) is 9.65. The third kappa shape index (κ3) is 10.6. The van der Waals surface area contributed by atoms with Gasteiger partial charge >= 0.3 is 17.9 Å². The first kappa shape index (κ1) is 24.6. The molecule has 1 aromatic carbocycles. The van der Waals surface area contributed by atoms with E-state index in [0.29, 0.717) is 0 Å². The number of carbonyl (C=O) groups is 3. The van der Waals surface area contributed by atoms with E-state index in [1.54, 1.807) is 48.5 Å². The molecule has 0 fully saturated rings. The summed E-state index contributed by atoms with van der Waals surface area (Å²) in [5.74, 6) is -1.62. The Morgan fingerprint density at radius 3 is 1.72 bits per heavy atom. The fourth-order valence-electron chi connectivity index (χ4n) is 2.41. The average molecular weight is 408 g/mol. The quantitative estimate of drug-likeness (QED) is 0.484. The highest BCUT2D eigenvalue weighted by Gasteiger charge is 2.30. The van der Waals surface area contributed by atoms with Gasteiger partial charge in [-0.25, -0.2) is 0 Å². The van der Waals surface area contributed by atoms with Crippen molar-refractivity contribution in [1.29, 1.82) is 0 Å². The summed E-state index contributed by atoms with van der Waals surface area (Å²) >= 11 is 0. The van der Waals surface area contributed by atoms with Gasteiger partial charge < -0.3 is 14.2 Å². The molecule has 29 heavy (non-hydrogen) atoms. The minimum atomic E-state index is -0.834. The van der Waals surface area contributed by atoms with E-state index in [9.17, 15) is 14.4 Å². The molecule has 0 amide bonds. The van der Waals surface area contributed by atoms with E-state index in [0.717, 1.165) is 5.56 Å². The molecule has 7 heteroatoms. The second kappa shape index (κ2) is 10.4. The molecule has 0 radical (unpaired) electrons. The van der Waals surface area contributed by atoms with Gasteiger partial charge in [0, 0.05) is 0 Å². The molecule has 0 saturated carbocycles. The molecule has 0 aliphatic carbocycles. The number of nitrogens with zero attached hydrogens (tertiary/aromatic N) is 1. The lowest BCUT2D eigenvalue weighted by Crippen LogP contribution is -2.47. The summed E-state index contributed by atoms with van der Waals surface area (Å²) < 4.78 is 16.0. The van der Waals surface area contributed by atoms with Crippen LogP contribution in [0.25, 0.3) is 0 Å². The minimum Gasteiger partial charge on any atom is -0.460 e. The largest absolute Gasteiger partial charge is 0.460 e. The van der Waals surface area contributed by atoms with E-state index >= 15 is 0 Å². The fraction of sp³-hybridized carbons (Fsp3) is 0.591. The van der Waals surface area contributed by atoms with Crippen molar-refractivity contribution in [3.8, 4) is 0 Å². The monoisotopic (exact) mass is 407 g/mol. The van der Waals surface area contributed by atoms with Gasteiger partial charge in [-0.2, -0.15) is 0 Å². The lowest BCUT2D eigenvalue weighted by molar-refractivity contribution is -0.163. The highest BCUT2D eigenvalue weighted by atomic mass is 16.6. The van der Waals surface area contributed by atoms with Crippen molar-refractivity contribution in [3.63, 3.8) is 0 Å². The van der Waals surface area contributed by atoms with Gasteiger partial charge in [0.05, 0.1) is 13.1 Å². The number of ether oxygens (including phenoxy) is 3. The van der Waals surface area contributed by atoms with Crippen molar-refractivity contribution in [2.45, 2.75) is 72.3 Å². The minimum absolute atomic E-state index is 0.108. The van der Waals surface area contributed by atoms with E-state index in [2.05, 4.69) is 0 Å². The smallest absolute Gasteiger partial charge is 0.323 e. The zero-order valence-electron chi connectivity index (χ0n) is 18.5. The number of hydrogen-bond acceptors (Lipinski definition) is 7. The van der Waals surface area contributed by atoms with E-state index in [4.69, 9.17) is 14.2 Å². The summed E-state index contributed by atoms with van der Waals surface area (Å²) in [6.45, 7) is 11.7. The SMILES string of the molecule is C[C@@H](C(=O)OCc1ccccc1)N(CC(=O)OC(C)(C)C)CC(=O)OC(C)(C)C. The third-order valence-electron chi connectivity index (χ3n) is 3.62. The van der Waals surface area contributed by atoms with E-state index in [-0.39, 0.29) is 19.7 Å². The predicted octanol–water partition coefficient (Wildman–Crippen LogP) is 3.10. The number of hydrogen-bond donors (Lipinski definition) is 0. The van der Waals surface area contributed by atoms with E-state index in [1.807, 2.05) is 30.3 Å². The number of benzene rings is 1.